The Balaban J connectivity index is 1.91. The lowest BCUT2D eigenvalue weighted by Gasteiger charge is -2.03. The van der Waals surface area contributed by atoms with Crippen molar-refractivity contribution in [3.05, 3.63) is 71.8 Å². The number of benzene rings is 2. The zero-order chi connectivity index (χ0) is 16.0. The van der Waals surface area contributed by atoms with Crippen LogP contribution in [0.3, 0.4) is 0 Å². The number of rotatable bonds is 5. The van der Waals surface area contributed by atoms with Gasteiger partial charge in [0.2, 0.25) is 0 Å². The number of esters is 1. The molecule has 0 heterocycles. The van der Waals surface area contributed by atoms with Gasteiger partial charge in [0.05, 0.1) is 10.5 Å². The van der Waals surface area contributed by atoms with E-state index >= 15 is 0 Å². The number of ether oxygens (including phenoxy) is 1. The molecule has 0 aliphatic rings. The van der Waals surface area contributed by atoms with Gasteiger partial charge in [-0.15, -0.1) is 0 Å². The average Bonchev–Trinajstić information content (AvgIpc) is 2.52. The molecule has 2 aromatic carbocycles. The van der Waals surface area contributed by atoms with Gasteiger partial charge in [0.1, 0.15) is 6.61 Å². The molecule has 5 heteroatoms. The average molecular weight is 316 g/mol. The van der Waals surface area contributed by atoms with Crippen molar-refractivity contribution < 1.29 is 17.9 Å². The van der Waals surface area contributed by atoms with Gasteiger partial charge < -0.3 is 4.74 Å². The third kappa shape index (κ3) is 4.56. The number of hydrogen-bond donors (Lipinski definition) is 0. The molecule has 22 heavy (non-hydrogen) atoms. The lowest BCUT2D eigenvalue weighted by Crippen LogP contribution is -2.05. The van der Waals surface area contributed by atoms with Crippen LogP contribution in [0, 0.1) is 0 Å². The number of carbonyl (C=O) groups is 1. The van der Waals surface area contributed by atoms with Gasteiger partial charge in [0.25, 0.3) is 0 Å². The predicted octanol–water partition coefficient (Wildman–Crippen LogP) is 2.96. The van der Waals surface area contributed by atoms with E-state index < -0.39 is 15.8 Å². The zero-order valence-electron chi connectivity index (χ0n) is 12.1. The molecule has 0 atom stereocenters. The summed E-state index contributed by atoms with van der Waals surface area (Å²) in [6.07, 6.45) is 4.73. The number of carbonyl (C=O) groups excluding carboxylic acids is 1. The summed E-state index contributed by atoms with van der Waals surface area (Å²) in [6, 6.07) is 15.3. The van der Waals surface area contributed by atoms with E-state index in [9.17, 15) is 13.2 Å². The van der Waals surface area contributed by atoms with E-state index in [2.05, 4.69) is 0 Å². The maximum atomic E-state index is 11.8. The quantitative estimate of drug-likeness (QED) is 0.796. The molecular weight excluding hydrogens is 300 g/mol. The van der Waals surface area contributed by atoms with Gasteiger partial charge in [0, 0.05) is 6.26 Å². The van der Waals surface area contributed by atoms with Crippen molar-refractivity contribution in [3.63, 3.8) is 0 Å². The van der Waals surface area contributed by atoms with Crippen LogP contribution in [0.2, 0.25) is 0 Å². The van der Waals surface area contributed by atoms with Crippen molar-refractivity contribution in [1.82, 2.24) is 0 Å². The summed E-state index contributed by atoms with van der Waals surface area (Å²) in [7, 11) is -3.26. The van der Waals surface area contributed by atoms with Crippen LogP contribution in [0.4, 0.5) is 0 Å². The van der Waals surface area contributed by atoms with Gasteiger partial charge in [-0.3, -0.25) is 0 Å². The molecule has 0 spiro atoms. The van der Waals surface area contributed by atoms with Crippen LogP contribution in [0.5, 0.6) is 0 Å². The summed E-state index contributed by atoms with van der Waals surface area (Å²) in [5.74, 6) is -0.488. The molecule has 0 aromatic heterocycles. The summed E-state index contributed by atoms with van der Waals surface area (Å²) in [6.45, 7) is 0.154. The van der Waals surface area contributed by atoms with Gasteiger partial charge in [-0.05, 0) is 35.9 Å². The lowest BCUT2D eigenvalue weighted by molar-refractivity contribution is 0.0550. The molecule has 0 fully saturated rings. The second-order valence-electron chi connectivity index (χ2n) is 4.71. The predicted molar refractivity (Wildman–Crippen MR) is 85.3 cm³/mol. The third-order valence-corrected chi connectivity index (χ3v) is 4.07. The third-order valence-electron chi connectivity index (χ3n) is 2.94. The summed E-state index contributed by atoms with van der Waals surface area (Å²) >= 11 is 0. The molecule has 4 nitrogen and oxygen atoms in total. The molecule has 0 amide bonds. The summed E-state index contributed by atoms with van der Waals surface area (Å²) in [5.41, 5.74) is 1.34. The second kappa shape index (κ2) is 7.04. The molecule has 0 bridgehead atoms. The zero-order valence-corrected chi connectivity index (χ0v) is 12.9. The van der Waals surface area contributed by atoms with Crippen molar-refractivity contribution in [1.29, 1.82) is 0 Å². The molecule has 114 valence electrons. The van der Waals surface area contributed by atoms with E-state index in [1.54, 1.807) is 6.08 Å². The van der Waals surface area contributed by atoms with Crippen molar-refractivity contribution in [2.24, 2.45) is 0 Å². The standard InChI is InChI=1S/C17H16O4S/c1-22(19,20)16-11-9-15(10-12-16)17(18)21-13-5-8-14-6-3-2-4-7-14/h2-12H,13H2,1H3/b8-5-. The highest BCUT2D eigenvalue weighted by molar-refractivity contribution is 7.90. The minimum Gasteiger partial charge on any atom is -0.458 e. The first-order chi connectivity index (χ1) is 10.5. The molecule has 0 saturated heterocycles. The van der Waals surface area contributed by atoms with Gasteiger partial charge in [-0.2, -0.15) is 0 Å². The largest absolute Gasteiger partial charge is 0.458 e. The van der Waals surface area contributed by atoms with Crippen LogP contribution in [0.15, 0.2) is 65.6 Å². The Morgan fingerprint density at radius 2 is 1.68 bits per heavy atom. The first-order valence-corrected chi connectivity index (χ1v) is 8.55. The monoisotopic (exact) mass is 316 g/mol. The number of hydrogen-bond acceptors (Lipinski definition) is 4. The minimum absolute atomic E-state index is 0.154. The molecule has 2 aromatic rings. The Labute approximate surface area is 130 Å². The van der Waals surface area contributed by atoms with Crippen LogP contribution in [-0.2, 0) is 14.6 Å². The van der Waals surface area contributed by atoms with Gasteiger partial charge in [0.15, 0.2) is 9.84 Å². The summed E-state index contributed by atoms with van der Waals surface area (Å²) in [4.78, 5) is 12.0. The Morgan fingerprint density at radius 3 is 2.27 bits per heavy atom. The topological polar surface area (TPSA) is 60.4 Å². The fraction of sp³-hybridized carbons (Fsp3) is 0.118. The molecule has 0 radical (unpaired) electrons. The first kappa shape index (κ1) is 16.0. The maximum Gasteiger partial charge on any atom is 0.338 e. The fourth-order valence-corrected chi connectivity index (χ4v) is 2.42. The molecule has 0 aliphatic heterocycles. The molecular formula is C17H16O4S. The Morgan fingerprint density at radius 1 is 1.05 bits per heavy atom. The molecule has 0 unspecified atom stereocenters. The van der Waals surface area contributed by atoms with Crippen LogP contribution in [0.25, 0.3) is 6.08 Å². The Kier molecular flexibility index (Phi) is 5.12. The molecule has 0 aliphatic carbocycles. The van der Waals surface area contributed by atoms with Crippen LogP contribution >= 0.6 is 0 Å². The van der Waals surface area contributed by atoms with Crippen molar-refractivity contribution in [2.75, 3.05) is 12.9 Å². The molecule has 0 N–H and O–H groups in total. The Bertz CT molecular complexity index is 760. The minimum atomic E-state index is -3.26. The smallest absolute Gasteiger partial charge is 0.338 e. The first-order valence-electron chi connectivity index (χ1n) is 6.65. The summed E-state index contributed by atoms with van der Waals surface area (Å²) < 4.78 is 27.8. The highest BCUT2D eigenvalue weighted by atomic mass is 32.2. The lowest BCUT2D eigenvalue weighted by atomic mass is 10.2. The van der Waals surface area contributed by atoms with Crippen LogP contribution < -0.4 is 0 Å². The highest BCUT2D eigenvalue weighted by Gasteiger charge is 2.10. The molecule has 0 saturated carbocycles. The van der Waals surface area contributed by atoms with E-state index in [1.807, 2.05) is 36.4 Å². The number of sulfone groups is 1. The van der Waals surface area contributed by atoms with E-state index in [1.165, 1.54) is 24.3 Å². The normalized spacial score (nSPS) is 11.5. The second-order valence-corrected chi connectivity index (χ2v) is 6.72. The SMILES string of the molecule is CS(=O)(=O)c1ccc(C(=O)OC/C=C\c2ccccc2)cc1. The fourth-order valence-electron chi connectivity index (χ4n) is 1.79. The van der Waals surface area contributed by atoms with Gasteiger partial charge >= 0.3 is 5.97 Å². The van der Waals surface area contributed by atoms with E-state index in [0.29, 0.717) is 5.56 Å². The van der Waals surface area contributed by atoms with Gasteiger partial charge in [-0.25, -0.2) is 13.2 Å². The van der Waals surface area contributed by atoms with Crippen LogP contribution in [0.1, 0.15) is 15.9 Å². The molecule has 2 rings (SSSR count). The van der Waals surface area contributed by atoms with E-state index in [-0.39, 0.29) is 11.5 Å². The summed E-state index contributed by atoms with van der Waals surface area (Å²) in [5, 5.41) is 0. The van der Waals surface area contributed by atoms with E-state index in [0.717, 1.165) is 11.8 Å². The Hall–Kier alpha value is -2.40. The highest BCUT2D eigenvalue weighted by Crippen LogP contribution is 2.11. The van der Waals surface area contributed by atoms with E-state index in [4.69, 9.17) is 4.74 Å². The van der Waals surface area contributed by atoms with Gasteiger partial charge in [-0.1, -0.05) is 36.4 Å². The maximum absolute atomic E-state index is 11.8. The van der Waals surface area contributed by atoms with Crippen LogP contribution in [-0.4, -0.2) is 27.2 Å². The van der Waals surface area contributed by atoms with Crippen molar-refractivity contribution in [2.45, 2.75) is 4.90 Å². The van der Waals surface area contributed by atoms with Crippen molar-refractivity contribution >= 4 is 21.9 Å². The van der Waals surface area contributed by atoms with Crippen molar-refractivity contribution in [3.8, 4) is 0 Å².